The van der Waals surface area contributed by atoms with Crippen LogP contribution in [0.2, 0.25) is 0 Å². The summed E-state index contributed by atoms with van der Waals surface area (Å²) in [7, 11) is 1.46. The molecule has 0 unspecified atom stereocenters. The molecule has 2 aromatic carbocycles. The van der Waals surface area contributed by atoms with Crippen molar-refractivity contribution in [1.29, 1.82) is 0 Å². The Bertz CT molecular complexity index is 839. The molecule has 2 aromatic rings. The van der Waals surface area contributed by atoms with E-state index in [1.165, 1.54) is 38.3 Å². The van der Waals surface area contributed by atoms with E-state index in [0.29, 0.717) is 17.1 Å². The number of ether oxygens (including phenoxy) is 1. The summed E-state index contributed by atoms with van der Waals surface area (Å²) in [6.07, 6.45) is 0. The van der Waals surface area contributed by atoms with E-state index in [9.17, 15) is 18.8 Å². The zero-order chi connectivity index (χ0) is 19.1. The second-order valence-corrected chi connectivity index (χ2v) is 5.31. The lowest BCUT2D eigenvalue weighted by Gasteiger charge is -2.12. The molecule has 0 saturated heterocycles. The van der Waals surface area contributed by atoms with Crippen LogP contribution in [0.1, 0.15) is 17.3 Å². The smallest absolute Gasteiger partial charge is 0.254 e. The van der Waals surface area contributed by atoms with Crippen molar-refractivity contribution >= 4 is 29.1 Å². The Morgan fingerprint density at radius 2 is 1.81 bits per heavy atom. The van der Waals surface area contributed by atoms with Gasteiger partial charge in [-0.2, -0.15) is 0 Å². The van der Waals surface area contributed by atoms with Crippen LogP contribution in [0.15, 0.2) is 42.5 Å². The predicted octanol–water partition coefficient (Wildman–Crippen LogP) is 2.16. The predicted molar refractivity (Wildman–Crippen MR) is 94.7 cm³/mol. The maximum Gasteiger partial charge on any atom is 0.254 e. The molecule has 26 heavy (non-hydrogen) atoms. The lowest BCUT2D eigenvalue weighted by Crippen LogP contribution is -2.33. The Morgan fingerprint density at radius 3 is 2.46 bits per heavy atom. The topological polar surface area (TPSA) is 96.5 Å². The number of carbonyl (C=O) groups excluding carboxylic acids is 3. The number of anilines is 2. The highest BCUT2D eigenvalue weighted by Gasteiger charge is 2.13. The Balaban J connectivity index is 1.98. The molecule has 0 aliphatic carbocycles. The van der Waals surface area contributed by atoms with Gasteiger partial charge in [0.15, 0.2) is 0 Å². The van der Waals surface area contributed by atoms with Gasteiger partial charge < -0.3 is 20.7 Å². The van der Waals surface area contributed by atoms with E-state index in [0.717, 1.165) is 6.07 Å². The summed E-state index contributed by atoms with van der Waals surface area (Å²) in [5, 5.41) is 7.51. The zero-order valence-corrected chi connectivity index (χ0v) is 14.3. The minimum Gasteiger partial charge on any atom is -0.495 e. The van der Waals surface area contributed by atoms with Gasteiger partial charge in [0.1, 0.15) is 11.6 Å². The maximum atomic E-state index is 13.5. The molecule has 0 atom stereocenters. The molecule has 0 bridgehead atoms. The molecule has 0 heterocycles. The van der Waals surface area contributed by atoms with Crippen molar-refractivity contribution in [2.45, 2.75) is 6.92 Å². The van der Waals surface area contributed by atoms with Crippen molar-refractivity contribution in [2.24, 2.45) is 0 Å². The molecule has 136 valence electrons. The van der Waals surface area contributed by atoms with Gasteiger partial charge in [-0.05, 0) is 30.3 Å². The molecular formula is C18H18FN3O4. The Hall–Kier alpha value is -3.42. The van der Waals surface area contributed by atoms with E-state index in [1.54, 1.807) is 12.1 Å². The maximum absolute atomic E-state index is 13.5. The number of halogens is 1. The number of carbonyl (C=O) groups is 3. The summed E-state index contributed by atoms with van der Waals surface area (Å²) in [6, 6.07) is 10.2. The van der Waals surface area contributed by atoms with Crippen LogP contribution in [0.25, 0.3) is 0 Å². The second-order valence-electron chi connectivity index (χ2n) is 5.31. The molecule has 0 aliphatic heterocycles. The molecule has 0 fully saturated rings. The molecule has 7 nitrogen and oxygen atoms in total. The summed E-state index contributed by atoms with van der Waals surface area (Å²) in [5.41, 5.74) is 0.658. The average Bonchev–Trinajstić information content (AvgIpc) is 2.60. The van der Waals surface area contributed by atoms with E-state index < -0.39 is 17.6 Å². The van der Waals surface area contributed by atoms with Crippen LogP contribution in [-0.4, -0.2) is 31.4 Å². The first-order valence-corrected chi connectivity index (χ1v) is 7.69. The summed E-state index contributed by atoms with van der Waals surface area (Å²) < 4.78 is 18.6. The number of benzene rings is 2. The lowest BCUT2D eigenvalue weighted by atomic mass is 10.2. The van der Waals surface area contributed by atoms with Gasteiger partial charge in [-0.3, -0.25) is 14.4 Å². The normalized spacial score (nSPS) is 9.96. The highest BCUT2D eigenvalue weighted by molar-refractivity contribution is 6.00. The fourth-order valence-electron chi connectivity index (χ4n) is 2.18. The summed E-state index contributed by atoms with van der Waals surface area (Å²) in [6.45, 7) is 1.01. The van der Waals surface area contributed by atoms with E-state index in [1.807, 2.05) is 0 Å². The molecule has 0 aliphatic rings. The molecule has 0 aromatic heterocycles. The fraction of sp³-hybridized carbons (Fsp3) is 0.167. The van der Waals surface area contributed by atoms with Crippen molar-refractivity contribution in [1.82, 2.24) is 5.32 Å². The van der Waals surface area contributed by atoms with Crippen molar-refractivity contribution < 1.29 is 23.5 Å². The van der Waals surface area contributed by atoms with E-state index >= 15 is 0 Å². The van der Waals surface area contributed by atoms with Gasteiger partial charge in [0.05, 0.1) is 24.9 Å². The van der Waals surface area contributed by atoms with Crippen molar-refractivity contribution in [3.05, 3.63) is 53.8 Å². The van der Waals surface area contributed by atoms with Crippen LogP contribution in [0.4, 0.5) is 15.8 Å². The highest BCUT2D eigenvalue weighted by Crippen LogP contribution is 2.27. The Kier molecular flexibility index (Phi) is 6.26. The monoisotopic (exact) mass is 359 g/mol. The van der Waals surface area contributed by atoms with Crippen LogP contribution >= 0.6 is 0 Å². The molecule has 0 spiro atoms. The zero-order valence-electron chi connectivity index (χ0n) is 14.3. The summed E-state index contributed by atoms with van der Waals surface area (Å²) in [4.78, 5) is 35.1. The summed E-state index contributed by atoms with van der Waals surface area (Å²) in [5.74, 6) is -1.71. The SMILES string of the molecule is COc1ccc(NC(=O)CNC(=O)c2ccccc2F)cc1NC(C)=O. The Labute approximate surface area is 149 Å². The Morgan fingerprint density at radius 1 is 1.08 bits per heavy atom. The van der Waals surface area contributed by atoms with E-state index in [4.69, 9.17) is 4.74 Å². The van der Waals surface area contributed by atoms with E-state index in [-0.39, 0.29) is 18.0 Å². The van der Waals surface area contributed by atoms with Crippen molar-refractivity contribution in [3.8, 4) is 5.75 Å². The van der Waals surface area contributed by atoms with Gasteiger partial charge >= 0.3 is 0 Å². The third kappa shape index (κ3) is 5.04. The number of amides is 3. The molecule has 0 saturated carbocycles. The van der Waals surface area contributed by atoms with Crippen molar-refractivity contribution in [2.75, 3.05) is 24.3 Å². The molecule has 0 radical (unpaired) electrons. The molecule has 3 N–H and O–H groups in total. The quantitative estimate of drug-likeness (QED) is 0.736. The van der Waals surface area contributed by atoms with Crippen LogP contribution in [0.3, 0.4) is 0 Å². The first-order chi connectivity index (χ1) is 12.4. The minimum absolute atomic E-state index is 0.141. The van der Waals surface area contributed by atoms with Gasteiger partial charge in [-0.25, -0.2) is 4.39 Å². The van der Waals surface area contributed by atoms with Crippen LogP contribution in [0, 0.1) is 5.82 Å². The lowest BCUT2D eigenvalue weighted by molar-refractivity contribution is -0.115. The molecular weight excluding hydrogens is 341 g/mol. The number of nitrogens with one attached hydrogen (secondary N) is 3. The second kappa shape index (κ2) is 8.61. The third-order valence-electron chi connectivity index (χ3n) is 3.32. The minimum atomic E-state index is -0.688. The van der Waals surface area contributed by atoms with Gasteiger partial charge in [0, 0.05) is 12.6 Å². The van der Waals surface area contributed by atoms with Gasteiger partial charge in [0.2, 0.25) is 11.8 Å². The number of methoxy groups -OCH3 is 1. The number of hydrogen-bond acceptors (Lipinski definition) is 4. The van der Waals surface area contributed by atoms with Gasteiger partial charge in [-0.15, -0.1) is 0 Å². The number of rotatable bonds is 6. The van der Waals surface area contributed by atoms with Crippen LogP contribution in [-0.2, 0) is 9.59 Å². The van der Waals surface area contributed by atoms with E-state index in [2.05, 4.69) is 16.0 Å². The van der Waals surface area contributed by atoms with Crippen molar-refractivity contribution in [3.63, 3.8) is 0 Å². The van der Waals surface area contributed by atoms with Crippen LogP contribution in [0.5, 0.6) is 5.75 Å². The molecule has 8 heteroatoms. The average molecular weight is 359 g/mol. The largest absolute Gasteiger partial charge is 0.495 e. The number of hydrogen-bond donors (Lipinski definition) is 3. The standard InChI is InChI=1S/C18H18FN3O4/c1-11(23)21-15-9-12(7-8-16(15)26-2)22-17(24)10-20-18(25)13-5-3-4-6-14(13)19/h3-9H,10H2,1-2H3,(H,20,25)(H,21,23)(H,22,24). The van der Waals surface area contributed by atoms with Crippen LogP contribution < -0.4 is 20.7 Å². The molecule has 2 rings (SSSR count). The van der Waals surface area contributed by atoms with Gasteiger partial charge in [-0.1, -0.05) is 12.1 Å². The third-order valence-corrected chi connectivity index (χ3v) is 3.32. The first-order valence-electron chi connectivity index (χ1n) is 7.69. The fourth-order valence-corrected chi connectivity index (χ4v) is 2.18. The van der Waals surface area contributed by atoms with Gasteiger partial charge in [0.25, 0.3) is 5.91 Å². The summed E-state index contributed by atoms with van der Waals surface area (Å²) >= 11 is 0. The highest BCUT2D eigenvalue weighted by atomic mass is 19.1. The molecule has 3 amide bonds. The first kappa shape index (κ1) is 18.9.